The van der Waals surface area contributed by atoms with Gasteiger partial charge in [-0.3, -0.25) is 4.79 Å². The van der Waals surface area contributed by atoms with Crippen LogP contribution in [0.3, 0.4) is 0 Å². The Hall–Kier alpha value is -2.69. The van der Waals surface area contributed by atoms with Crippen molar-refractivity contribution in [1.82, 2.24) is 5.32 Å². The van der Waals surface area contributed by atoms with Crippen molar-refractivity contribution in [3.8, 4) is 17.2 Å². The van der Waals surface area contributed by atoms with Crippen molar-refractivity contribution < 1.29 is 19.0 Å². The second kappa shape index (κ2) is 7.92. The maximum atomic E-state index is 12.7. The van der Waals surface area contributed by atoms with Gasteiger partial charge in [0.25, 0.3) is 5.91 Å². The molecule has 1 N–H and O–H groups in total. The number of amides is 1. The van der Waals surface area contributed by atoms with Crippen LogP contribution in [-0.4, -0.2) is 25.7 Å². The van der Waals surface area contributed by atoms with Crippen LogP contribution in [0.25, 0.3) is 0 Å². The van der Waals surface area contributed by atoms with E-state index in [1.165, 1.54) is 14.2 Å². The molecular weight excluding hydrogens is 318 g/mol. The number of hydrogen-bond acceptors (Lipinski definition) is 4. The minimum absolute atomic E-state index is 0.264. The van der Waals surface area contributed by atoms with Crippen molar-refractivity contribution in [2.24, 2.45) is 0 Å². The molecule has 25 heavy (non-hydrogen) atoms. The summed E-state index contributed by atoms with van der Waals surface area (Å²) in [7, 11) is 3.05. The number of rotatable bonds is 6. The van der Waals surface area contributed by atoms with Crippen LogP contribution in [0.1, 0.15) is 36.7 Å². The van der Waals surface area contributed by atoms with Crippen molar-refractivity contribution in [1.29, 1.82) is 0 Å². The molecule has 5 heteroatoms. The predicted octanol–water partition coefficient (Wildman–Crippen LogP) is 3.81. The third-order valence-corrected chi connectivity index (χ3v) is 3.48. The molecule has 0 atom stereocenters. The molecule has 0 aliphatic heterocycles. The number of hydrogen-bond donors (Lipinski definition) is 1. The van der Waals surface area contributed by atoms with Crippen LogP contribution in [-0.2, 0) is 6.54 Å². The van der Waals surface area contributed by atoms with Crippen LogP contribution in [0.4, 0.5) is 0 Å². The molecule has 0 bridgehead atoms. The summed E-state index contributed by atoms with van der Waals surface area (Å²) in [5, 5.41) is 2.91. The maximum absolute atomic E-state index is 12.7. The summed E-state index contributed by atoms with van der Waals surface area (Å²) in [5.41, 5.74) is 0.966. The number of nitrogens with one attached hydrogen (secondary N) is 1. The van der Waals surface area contributed by atoms with Crippen LogP contribution < -0.4 is 19.5 Å². The van der Waals surface area contributed by atoms with Crippen LogP contribution in [0.2, 0.25) is 0 Å². The van der Waals surface area contributed by atoms with E-state index in [1.54, 1.807) is 18.2 Å². The van der Waals surface area contributed by atoms with Gasteiger partial charge in [-0.1, -0.05) is 24.3 Å². The molecule has 0 spiro atoms. The third kappa shape index (κ3) is 4.89. The largest absolute Gasteiger partial charge is 0.496 e. The lowest BCUT2D eigenvalue weighted by atomic mass is 10.1. The van der Waals surface area contributed by atoms with Gasteiger partial charge in [0.1, 0.15) is 28.4 Å². The lowest BCUT2D eigenvalue weighted by molar-refractivity contribution is 0.0943. The molecule has 0 fully saturated rings. The predicted molar refractivity (Wildman–Crippen MR) is 97.5 cm³/mol. The molecule has 0 saturated heterocycles. The van der Waals surface area contributed by atoms with E-state index in [0.29, 0.717) is 23.6 Å². The molecule has 5 nitrogen and oxygen atoms in total. The normalized spacial score (nSPS) is 10.9. The first-order chi connectivity index (χ1) is 11.9. The maximum Gasteiger partial charge on any atom is 0.259 e. The highest BCUT2D eigenvalue weighted by Gasteiger charge is 2.19. The van der Waals surface area contributed by atoms with E-state index in [-0.39, 0.29) is 11.5 Å². The Labute approximate surface area is 148 Å². The molecule has 0 radical (unpaired) electrons. The summed E-state index contributed by atoms with van der Waals surface area (Å²) < 4.78 is 16.5. The summed E-state index contributed by atoms with van der Waals surface area (Å²) in [6.07, 6.45) is 0. The minimum Gasteiger partial charge on any atom is -0.496 e. The van der Waals surface area contributed by atoms with E-state index in [4.69, 9.17) is 14.2 Å². The van der Waals surface area contributed by atoms with Gasteiger partial charge in [-0.25, -0.2) is 0 Å². The zero-order chi connectivity index (χ0) is 18.4. The molecule has 1 amide bonds. The highest BCUT2D eigenvalue weighted by molar-refractivity contribution is 5.99. The van der Waals surface area contributed by atoms with Gasteiger partial charge in [-0.15, -0.1) is 0 Å². The van der Waals surface area contributed by atoms with Gasteiger partial charge in [0.2, 0.25) is 0 Å². The average molecular weight is 343 g/mol. The Bertz CT molecular complexity index is 712. The van der Waals surface area contributed by atoms with E-state index in [9.17, 15) is 4.79 Å². The van der Waals surface area contributed by atoms with Crippen molar-refractivity contribution in [2.75, 3.05) is 14.2 Å². The van der Waals surface area contributed by atoms with Gasteiger partial charge in [0.05, 0.1) is 14.2 Å². The topological polar surface area (TPSA) is 56.8 Å². The Balaban J connectivity index is 2.19. The van der Waals surface area contributed by atoms with Crippen molar-refractivity contribution in [3.63, 3.8) is 0 Å². The van der Waals surface area contributed by atoms with Crippen molar-refractivity contribution in [3.05, 3.63) is 53.6 Å². The molecule has 0 aromatic heterocycles. The molecule has 0 heterocycles. The summed E-state index contributed by atoms with van der Waals surface area (Å²) >= 11 is 0. The zero-order valence-corrected chi connectivity index (χ0v) is 15.4. The molecule has 2 aromatic rings. The number of benzene rings is 2. The van der Waals surface area contributed by atoms with E-state index >= 15 is 0 Å². The van der Waals surface area contributed by atoms with E-state index < -0.39 is 0 Å². The number of ether oxygens (including phenoxy) is 3. The Kier molecular flexibility index (Phi) is 5.91. The fourth-order valence-electron chi connectivity index (χ4n) is 2.42. The van der Waals surface area contributed by atoms with Gasteiger partial charge in [0, 0.05) is 12.1 Å². The molecule has 0 saturated carbocycles. The fraction of sp³-hybridized carbons (Fsp3) is 0.350. The van der Waals surface area contributed by atoms with Gasteiger partial charge in [-0.2, -0.15) is 0 Å². The number of carbonyl (C=O) groups is 1. The van der Waals surface area contributed by atoms with E-state index in [2.05, 4.69) is 5.32 Å². The quantitative estimate of drug-likeness (QED) is 0.866. The van der Waals surface area contributed by atoms with Gasteiger partial charge in [0.15, 0.2) is 0 Å². The molecule has 2 rings (SSSR count). The smallest absolute Gasteiger partial charge is 0.259 e. The highest BCUT2D eigenvalue weighted by atomic mass is 16.5. The Morgan fingerprint density at radius 2 is 1.48 bits per heavy atom. The summed E-state index contributed by atoms with van der Waals surface area (Å²) in [6, 6.07) is 12.9. The molecule has 2 aromatic carbocycles. The minimum atomic E-state index is -0.314. The van der Waals surface area contributed by atoms with Gasteiger partial charge >= 0.3 is 0 Å². The average Bonchev–Trinajstić information content (AvgIpc) is 2.58. The summed E-state index contributed by atoms with van der Waals surface area (Å²) in [5.74, 6) is 1.43. The number of para-hydroxylation sites is 1. The third-order valence-electron chi connectivity index (χ3n) is 3.48. The SMILES string of the molecule is COc1cccc(OC)c1C(=O)NCc1ccccc1OC(C)(C)C. The molecule has 134 valence electrons. The van der Waals surface area contributed by atoms with Crippen LogP contribution in [0.5, 0.6) is 17.2 Å². The Morgan fingerprint density at radius 1 is 0.920 bits per heavy atom. The second-order valence-electron chi connectivity index (χ2n) is 6.54. The summed E-state index contributed by atoms with van der Waals surface area (Å²) in [4.78, 5) is 12.7. The van der Waals surface area contributed by atoms with Crippen molar-refractivity contribution >= 4 is 5.91 Å². The molecular formula is C20H25NO4. The standard InChI is InChI=1S/C20H25NO4/c1-20(2,3)25-15-10-7-6-9-14(15)13-21-19(22)18-16(23-4)11-8-12-17(18)24-5/h6-12H,13H2,1-5H3,(H,21,22). The number of methoxy groups -OCH3 is 2. The fourth-order valence-corrected chi connectivity index (χ4v) is 2.42. The molecule has 0 aliphatic rings. The Morgan fingerprint density at radius 3 is 2.04 bits per heavy atom. The van der Waals surface area contributed by atoms with Crippen LogP contribution in [0, 0.1) is 0 Å². The van der Waals surface area contributed by atoms with Crippen LogP contribution >= 0.6 is 0 Å². The van der Waals surface area contributed by atoms with E-state index in [1.807, 2.05) is 45.0 Å². The highest BCUT2D eigenvalue weighted by Crippen LogP contribution is 2.28. The second-order valence-corrected chi connectivity index (χ2v) is 6.54. The van der Waals surface area contributed by atoms with Crippen molar-refractivity contribution in [2.45, 2.75) is 32.9 Å². The first-order valence-corrected chi connectivity index (χ1v) is 8.12. The lowest BCUT2D eigenvalue weighted by Gasteiger charge is -2.23. The van der Waals surface area contributed by atoms with Gasteiger partial charge < -0.3 is 19.5 Å². The van der Waals surface area contributed by atoms with Gasteiger partial charge in [-0.05, 0) is 39.0 Å². The molecule has 0 unspecified atom stereocenters. The monoisotopic (exact) mass is 343 g/mol. The lowest BCUT2D eigenvalue weighted by Crippen LogP contribution is -2.26. The van der Waals surface area contributed by atoms with Crippen LogP contribution in [0.15, 0.2) is 42.5 Å². The number of carbonyl (C=O) groups excluding carboxylic acids is 1. The first kappa shape index (κ1) is 18.6. The van der Waals surface area contributed by atoms with E-state index in [0.717, 1.165) is 11.3 Å². The molecule has 0 aliphatic carbocycles. The zero-order valence-electron chi connectivity index (χ0n) is 15.4. The summed E-state index contributed by atoms with van der Waals surface area (Å²) in [6.45, 7) is 6.30. The first-order valence-electron chi connectivity index (χ1n) is 8.12.